The van der Waals surface area contributed by atoms with E-state index in [1.54, 1.807) is 0 Å². The first kappa shape index (κ1) is 38.0. The van der Waals surface area contributed by atoms with Crippen LogP contribution in [0.25, 0.3) is 45.5 Å². The van der Waals surface area contributed by atoms with Gasteiger partial charge in [0.2, 0.25) is 0 Å². The molecule has 0 N–H and O–H groups in total. The monoisotopic (exact) mass is 863 g/mol. The average molecular weight is 866 g/mol. The fraction of sp³-hybridized carbons (Fsp3) is 0.231. The predicted octanol–water partition coefficient (Wildman–Crippen LogP) is 12.9. The molecule has 0 amide bonds. The zero-order chi connectivity index (χ0) is 39.0. The van der Waals surface area contributed by atoms with Crippen molar-refractivity contribution in [3.05, 3.63) is 171 Å². The predicted molar refractivity (Wildman–Crippen MR) is 245 cm³/mol. The molecule has 0 saturated carbocycles. The van der Waals surface area contributed by atoms with Gasteiger partial charge in [0.05, 0.1) is 0 Å². The third kappa shape index (κ3) is 5.68. The summed E-state index contributed by atoms with van der Waals surface area (Å²) >= 11 is -5.57. The number of aryl methyl sites for hydroxylation is 2. The second-order valence-electron chi connectivity index (χ2n) is 16.7. The van der Waals surface area contributed by atoms with Crippen molar-refractivity contribution in [1.29, 1.82) is 0 Å². The summed E-state index contributed by atoms with van der Waals surface area (Å²) in [7, 11) is 17.8. The van der Waals surface area contributed by atoms with E-state index in [1.807, 2.05) is 0 Å². The van der Waals surface area contributed by atoms with Gasteiger partial charge in [0.15, 0.2) is 0 Å². The summed E-state index contributed by atoms with van der Waals surface area (Å²) in [4.78, 5) is 0. The number of halogens is 2. The first-order valence-electron chi connectivity index (χ1n) is 20.6. The van der Waals surface area contributed by atoms with Crippen LogP contribution in [0.1, 0.15) is 91.3 Å². The molecule has 0 fully saturated rings. The Balaban J connectivity index is 1.37. The van der Waals surface area contributed by atoms with Crippen LogP contribution in [0.3, 0.4) is 0 Å². The van der Waals surface area contributed by atoms with Gasteiger partial charge in [-0.05, 0) is 0 Å². The van der Waals surface area contributed by atoms with Gasteiger partial charge >= 0.3 is 348 Å². The molecule has 281 valence electrons. The van der Waals surface area contributed by atoms with Gasteiger partial charge < -0.3 is 0 Å². The second-order valence-corrected chi connectivity index (χ2v) is 39.2. The topological polar surface area (TPSA) is 0 Å². The van der Waals surface area contributed by atoms with Gasteiger partial charge in [0, 0.05) is 0 Å². The molecular weight excluding hydrogens is 815 g/mol. The van der Waals surface area contributed by atoms with Crippen LogP contribution < -0.4 is 13.6 Å². The van der Waals surface area contributed by atoms with Crippen LogP contribution in [0.2, 0.25) is 0 Å². The molecule has 0 spiro atoms. The van der Waals surface area contributed by atoms with Crippen molar-refractivity contribution in [2.75, 3.05) is 0 Å². The first-order valence-corrected chi connectivity index (χ1v) is 32.5. The minimum atomic E-state index is -5.57. The number of rotatable bonds is 9. The molecule has 1 heterocycles. The molecule has 2 unspecified atom stereocenters. The van der Waals surface area contributed by atoms with Crippen LogP contribution in [-0.2, 0) is 16.4 Å². The van der Waals surface area contributed by atoms with Crippen LogP contribution in [0, 0.1) is 27.7 Å². The fourth-order valence-electron chi connectivity index (χ4n) is 10.8. The molecule has 0 nitrogen and oxygen atoms in total. The average Bonchev–Trinajstić information content (AvgIpc) is 3.89. The van der Waals surface area contributed by atoms with Crippen molar-refractivity contribution in [2.45, 2.75) is 74.5 Å². The van der Waals surface area contributed by atoms with Crippen molar-refractivity contribution in [1.82, 2.24) is 0 Å². The van der Waals surface area contributed by atoms with E-state index in [0.717, 1.165) is 25.7 Å². The molecule has 56 heavy (non-hydrogen) atoms. The Hall–Kier alpha value is -3.52. The van der Waals surface area contributed by atoms with E-state index in [9.17, 15) is 17.0 Å². The van der Waals surface area contributed by atoms with Crippen molar-refractivity contribution in [2.24, 2.45) is 0 Å². The SMILES string of the molecule is CCCC1=Cc2c(-c3cccc(C)c3C)cccc2[CH]1[Zr]([Cl])([Cl])([c]1cccc2c1[SiH2]c1ccccc1-2)[CH]1C(CCC)=Cc2c(-c3cccc(C)c3C)cccc21. The summed E-state index contributed by atoms with van der Waals surface area (Å²) in [5.41, 5.74) is 21.3. The Bertz CT molecular complexity index is 2510. The summed E-state index contributed by atoms with van der Waals surface area (Å²) in [5, 5.41) is 2.98. The van der Waals surface area contributed by atoms with E-state index >= 15 is 0 Å². The molecule has 0 saturated heterocycles. The van der Waals surface area contributed by atoms with Crippen LogP contribution >= 0.6 is 17.0 Å². The molecule has 9 rings (SSSR count). The number of hydrogen-bond acceptors (Lipinski definition) is 0. The molecule has 0 bridgehead atoms. The summed E-state index contributed by atoms with van der Waals surface area (Å²) in [5.74, 6) is 0. The molecule has 2 aliphatic carbocycles. The first-order chi connectivity index (χ1) is 27.1. The van der Waals surface area contributed by atoms with Crippen LogP contribution in [0.4, 0.5) is 0 Å². The standard InChI is InChI=1S/2C20H21.C12H9Si.2ClH.Zr/c2*1-4-7-16-12-17-9-6-11-19(20(17)13-16)18-10-5-8-14(2)15(18)3;1-3-7-11-9(5-1)10-6-2-4-8-12(10)13-11;;;/h2*5-6,8-13H,4,7H2,1-3H3;1-7H,13H2;2*1H;/q;;;;;+2/p-2. The molecule has 3 aliphatic rings. The van der Waals surface area contributed by atoms with E-state index in [1.165, 1.54) is 103 Å². The number of allylic oxidation sites excluding steroid dienone is 2. The van der Waals surface area contributed by atoms with Crippen molar-refractivity contribution < 1.29 is 16.4 Å². The maximum atomic E-state index is 9.30. The Morgan fingerprint density at radius 1 is 0.500 bits per heavy atom. The Labute approximate surface area is 344 Å². The summed E-state index contributed by atoms with van der Waals surface area (Å²) in [6.45, 7) is 13.6. The minimum absolute atomic E-state index is 0.0652. The molecule has 6 aromatic rings. The second kappa shape index (κ2) is 14.4. The van der Waals surface area contributed by atoms with Crippen LogP contribution in [0.15, 0.2) is 126 Å². The zero-order valence-electron chi connectivity index (χ0n) is 33.6. The van der Waals surface area contributed by atoms with E-state index in [2.05, 4.69) is 169 Å². The van der Waals surface area contributed by atoms with Gasteiger partial charge in [-0.1, -0.05) is 0 Å². The van der Waals surface area contributed by atoms with E-state index in [-0.39, 0.29) is 7.25 Å². The quantitative estimate of drug-likeness (QED) is 0.127. The number of fused-ring (bicyclic) bond motifs is 5. The Morgan fingerprint density at radius 3 is 1.48 bits per heavy atom. The van der Waals surface area contributed by atoms with Gasteiger partial charge in [-0.15, -0.1) is 0 Å². The van der Waals surface area contributed by atoms with Gasteiger partial charge in [0.1, 0.15) is 0 Å². The normalized spacial score (nSPS) is 17.8. The van der Waals surface area contributed by atoms with Gasteiger partial charge in [0.25, 0.3) is 0 Å². The molecule has 1 aliphatic heterocycles. The van der Waals surface area contributed by atoms with Crippen molar-refractivity contribution >= 4 is 52.3 Å². The molecule has 4 heteroatoms. The van der Waals surface area contributed by atoms with Gasteiger partial charge in [-0.2, -0.15) is 0 Å². The van der Waals surface area contributed by atoms with E-state index < -0.39 is 25.9 Å². The van der Waals surface area contributed by atoms with Crippen LogP contribution in [-0.4, -0.2) is 9.52 Å². The van der Waals surface area contributed by atoms with Gasteiger partial charge in [-0.25, -0.2) is 0 Å². The van der Waals surface area contributed by atoms with E-state index in [4.69, 9.17) is 0 Å². The third-order valence-corrected chi connectivity index (χ3v) is 36.4. The Kier molecular flexibility index (Phi) is 9.77. The molecule has 0 aromatic heterocycles. The van der Waals surface area contributed by atoms with Crippen LogP contribution in [0.5, 0.6) is 0 Å². The Morgan fingerprint density at radius 2 is 0.946 bits per heavy atom. The van der Waals surface area contributed by atoms with Crippen molar-refractivity contribution in [3.8, 4) is 33.4 Å². The van der Waals surface area contributed by atoms with Crippen molar-refractivity contribution in [3.63, 3.8) is 0 Å². The summed E-state index contributed by atoms with van der Waals surface area (Å²) in [6.07, 6.45) is 9.07. The molecule has 2 atom stereocenters. The maximum absolute atomic E-state index is 9.30. The fourth-order valence-corrected chi connectivity index (χ4v) is 38.8. The summed E-state index contributed by atoms with van der Waals surface area (Å²) in [6, 6.07) is 43.5. The number of hydrogen-bond donors (Lipinski definition) is 0. The molecule has 0 radical (unpaired) electrons. The number of benzene rings is 6. The molecule has 6 aromatic carbocycles. The van der Waals surface area contributed by atoms with Gasteiger partial charge in [-0.3, -0.25) is 0 Å². The third-order valence-electron chi connectivity index (χ3n) is 13.6. The van der Waals surface area contributed by atoms with E-state index in [0.29, 0.717) is 0 Å². The molecular formula is C52H51Cl2SiZr. The summed E-state index contributed by atoms with van der Waals surface area (Å²) < 4.78 is 1.18. The zero-order valence-corrected chi connectivity index (χ0v) is 39.0.